The first-order valence-electron chi connectivity index (χ1n) is 13.4. The smallest absolute Gasteiger partial charge is 0.285 e. The maximum absolute atomic E-state index is 14.1. The van der Waals surface area contributed by atoms with Gasteiger partial charge in [0.1, 0.15) is 5.75 Å². The fourth-order valence-electron chi connectivity index (χ4n) is 4.44. The Bertz CT molecular complexity index is 1440. The van der Waals surface area contributed by atoms with E-state index in [0.29, 0.717) is 16.9 Å². The number of rotatable bonds is 7. The number of nitrogens with zero attached hydrogens (tertiary/aromatic N) is 2. The van der Waals surface area contributed by atoms with Crippen molar-refractivity contribution in [2.24, 2.45) is 0 Å². The fourth-order valence-corrected chi connectivity index (χ4v) is 5.27. The molecule has 4 rings (SSSR count). The molecule has 6 heteroatoms. The van der Waals surface area contributed by atoms with Crippen LogP contribution in [-0.2, 0) is 6.42 Å². The second-order valence-corrected chi connectivity index (χ2v) is 11.5. The summed E-state index contributed by atoms with van der Waals surface area (Å²) in [5.41, 5.74) is 5.48. The van der Waals surface area contributed by atoms with Gasteiger partial charge >= 0.3 is 0 Å². The lowest BCUT2D eigenvalue weighted by Gasteiger charge is -2.41. The molecule has 40 heavy (non-hydrogen) atoms. The van der Waals surface area contributed by atoms with Gasteiger partial charge in [0.25, 0.3) is 11.8 Å². The zero-order valence-electron chi connectivity index (χ0n) is 24.0. The van der Waals surface area contributed by atoms with E-state index in [9.17, 15) is 9.59 Å². The number of carbonyl (C=O) groups excluding carboxylic acids is 2. The van der Waals surface area contributed by atoms with Crippen molar-refractivity contribution in [3.63, 3.8) is 0 Å². The van der Waals surface area contributed by atoms with Gasteiger partial charge in [-0.2, -0.15) is 0 Å². The number of carbonyl (C=O) groups is 2. The predicted molar refractivity (Wildman–Crippen MR) is 164 cm³/mol. The Labute approximate surface area is 242 Å². The number of hydrazine groups is 1. The third-order valence-corrected chi connectivity index (χ3v) is 7.16. The van der Waals surface area contributed by atoms with Gasteiger partial charge in [-0.05, 0) is 94.1 Å². The number of aryl methyl sites for hydroxylation is 3. The summed E-state index contributed by atoms with van der Waals surface area (Å²) in [6.45, 7) is 11.7. The monoisotopic (exact) mass is 552 g/mol. The van der Waals surface area contributed by atoms with Crippen LogP contribution < -0.4 is 4.18 Å². The van der Waals surface area contributed by atoms with Crippen molar-refractivity contribution in [1.29, 1.82) is 0 Å². The van der Waals surface area contributed by atoms with Crippen LogP contribution in [0.2, 0.25) is 0 Å². The van der Waals surface area contributed by atoms with Crippen LogP contribution in [-0.4, -0.2) is 26.8 Å². The van der Waals surface area contributed by atoms with Gasteiger partial charge in [-0.25, -0.2) is 5.01 Å². The molecule has 206 valence electrons. The Morgan fingerprint density at radius 1 is 0.725 bits per heavy atom. The van der Waals surface area contributed by atoms with Gasteiger partial charge in [-0.3, -0.25) is 9.59 Å². The van der Waals surface area contributed by atoms with Gasteiger partial charge < -0.3 is 4.18 Å². The quantitative estimate of drug-likeness (QED) is 0.131. The highest BCUT2D eigenvalue weighted by molar-refractivity contribution is 7.93. The topological polar surface area (TPSA) is 49.9 Å². The van der Waals surface area contributed by atoms with Crippen LogP contribution in [0.15, 0.2) is 97.1 Å². The third kappa shape index (κ3) is 6.93. The summed E-state index contributed by atoms with van der Waals surface area (Å²) in [5.74, 6) is -0.0638. The second-order valence-electron chi connectivity index (χ2n) is 10.8. The summed E-state index contributed by atoms with van der Waals surface area (Å²) in [6, 6.07) is 31.0. The van der Waals surface area contributed by atoms with Crippen LogP contribution in [0.3, 0.4) is 0 Å². The maximum Gasteiger partial charge on any atom is 0.285 e. The van der Waals surface area contributed by atoms with E-state index in [0.717, 1.165) is 46.5 Å². The molecule has 0 N–H and O–H groups in total. The molecular formula is C34H36N2O3S. The molecule has 5 nitrogen and oxygen atoms in total. The first kappa shape index (κ1) is 29.0. The zero-order valence-corrected chi connectivity index (χ0v) is 24.8. The molecule has 0 spiro atoms. The van der Waals surface area contributed by atoms with E-state index >= 15 is 0 Å². The molecule has 0 aliphatic carbocycles. The average molecular weight is 553 g/mol. The van der Waals surface area contributed by atoms with E-state index in [1.165, 1.54) is 9.42 Å². The van der Waals surface area contributed by atoms with Gasteiger partial charge in [0, 0.05) is 11.1 Å². The molecular weight excluding hydrogens is 516 g/mol. The molecule has 0 fully saturated rings. The molecule has 0 heterocycles. The highest BCUT2D eigenvalue weighted by atomic mass is 32.2. The average Bonchev–Trinajstić information content (AvgIpc) is 2.94. The fraction of sp³-hybridized carbons (Fsp3) is 0.235. The predicted octanol–water partition coefficient (Wildman–Crippen LogP) is 8.47. The van der Waals surface area contributed by atoms with Crippen LogP contribution in [0.1, 0.15) is 65.1 Å². The van der Waals surface area contributed by atoms with Crippen molar-refractivity contribution in [3.8, 4) is 16.9 Å². The Kier molecular flexibility index (Phi) is 9.00. The molecule has 0 saturated carbocycles. The summed E-state index contributed by atoms with van der Waals surface area (Å²) in [5, 5.41) is 1.48. The number of amides is 2. The highest BCUT2D eigenvalue weighted by Crippen LogP contribution is 2.31. The second kappa shape index (κ2) is 12.4. The number of hydrogen-bond acceptors (Lipinski definition) is 4. The molecule has 2 amide bonds. The molecule has 4 aromatic rings. The highest BCUT2D eigenvalue weighted by Gasteiger charge is 2.38. The van der Waals surface area contributed by atoms with Crippen molar-refractivity contribution >= 4 is 24.0 Å². The first-order chi connectivity index (χ1) is 19.1. The molecule has 0 radical (unpaired) electrons. The van der Waals surface area contributed by atoms with Crippen molar-refractivity contribution < 1.29 is 13.8 Å². The Morgan fingerprint density at radius 3 is 1.85 bits per heavy atom. The molecule has 0 aliphatic rings. The zero-order chi connectivity index (χ0) is 28.9. The number of hydrogen-bond donors (Lipinski definition) is 0. The SMILES string of the molecule is CCc1ccc(C(=O)N(N(SOc2ccc(-c3ccccc3)cc2)C(=O)c2cc(C)cc(C)c2)C(C)(C)C)cc1. The van der Waals surface area contributed by atoms with Crippen LogP contribution in [0.25, 0.3) is 11.1 Å². The Morgan fingerprint density at radius 2 is 1.30 bits per heavy atom. The lowest BCUT2D eigenvalue weighted by Crippen LogP contribution is -2.55. The van der Waals surface area contributed by atoms with E-state index in [4.69, 9.17) is 4.18 Å². The van der Waals surface area contributed by atoms with Crippen molar-refractivity contribution in [3.05, 3.63) is 125 Å². The lowest BCUT2D eigenvalue weighted by molar-refractivity contribution is -0.00181. The summed E-state index contributed by atoms with van der Waals surface area (Å²) >= 11 is 0.845. The van der Waals surface area contributed by atoms with Gasteiger partial charge in [-0.1, -0.05) is 78.7 Å². The van der Waals surface area contributed by atoms with Gasteiger partial charge in [-0.15, -0.1) is 4.41 Å². The van der Waals surface area contributed by atoms with E-state index in [-0.39, 0.29) is 11.8 Å². The summed E-state index contributed by atoms with van der Waals surface area (Å²) in [7, 11) is 0. The van der Waals surface area contributed by atoms with Crippen LogP contribution in [0.5, 0.6) is 5.75 Å². The minimum atomic E-state index is -0.734. The summed E-state index contributed by atoms with van der Waals surface area (Å²) in [4.78, 5) is 28.0. The largest absolute Gasteiger partial charge is 0.404 e. The third-order valence-electron chi connectivity index (χ3n) is 6.43. The summed E-state index contributed by atoms with van der Waals surface area (Å²) in [6.07, 6.45) is 0.877. The normalized spacial score (nSPS) is 11.2. The van der Waals surface area contributed by atoms with Crippen LogP contribution in [0.4, 0.5) is 0 Å². The van der Waals surface area contributed by atoms with Crippen LogP contribution >= 0.6 is 12.2 Å². The molecule has 0 aromatic heterocycles. The van der Waals surface area contributed by atoms with Crippen molar-refractivity contribution in [2.75, 3.05) is 0 Å². The Hall–Kier alpha value is -4.03. The molecule has 0 bridgehead atoms. The number of benzene rings is 4. The van der Waals surface area contributed by atoms with E-state index in [1.54, 1.807) is 0 Å². The van der Waals surface area contributed by atoms with Gasteiger partial charge in [0.15, 0.2) is 0 Å². The lowest BCUT2D eigenvalue weighted by atomic mass is 10.0. The maximum atomic E-state index is 14.1. The van der Waals surface area contributed by atoms with E-state index in [2.05, 4.69) is 19.1 Å². The molecule has 0 aliphatic heterocycles. The first-order valence-corrected chi connectivity index (χ1v) is 14.1. The molecule has 0 saturated heterocycles. The van der Waals surface area contributed by atoms with Gasteiger partial charge in [0.2, 0.25) is 12.2 Å². The van der Waals surface area contributed by atoms with E-state index in [1.807, 2.05) is 120 Å². The Balaban J connectivity index is 1.69. The summed E-state index contributed by atoms with van der Waals surface area (Å²) < 4.78 is 7.43. The minimum absolute atomic E-state index is 0.289. The standard InChI is InChI=1S/C34H36N2O3S/c1-7-26-13-15-29(16-14-26)32(37)35(34(4,5)6)36(33(38)30-22-24(2)21-25(3)23-30)40-39-31-19-17-28(18-20-31)27-11-9-8-10-12-27/h8-23H,7H2,1-6H3. The van der Waals surface area contributed by atoms with Gasteiger partial charge in [0.05, 0.1) is 5.54 Å². The minimum Gasteiger partial charge on any atom is -0.404 e. The molecule has 4 aromatic carbocycles. The van der Waals surface area contributed by atoms with E-state index < -0.39 is 5.54 Å². The van der Waals surface area contributed by atoms with Crippen molar-refractivity contribution in [2.45, 2.75) is 53.5 Å². The molecule has 0 atom stereocenters. The van der Waals surface area contributed by atoms with Crippen LogP contribution in [0, 0.1) is 13.8 Å². The molecule has 0 unspecified atom stereocenters. The van der Waals surface area contributed by atoms with Crippen molar-refractivity contribution in [1.82, 2.24) is 9.42 Å².